The molecule has 0 amide bonds. The maximum atomic E-state index is 12.0. The summed E-state index contributed by atoms with van der Waals surface area (Å²) in [5, 5.41) is 4.05. The molecule has 0 heterocycles. The number of carbonyl (C=O) groups excluding carboxylic acids is 1. The zero-order valence-electron chi connectivity index (χ0n) is 12.0. The van der Waals surface area contributed by atoms with E-state index in [-0.39, 0.29) is 5.97 Å². The molecular weight excluding hydrogens is 272 g/mol. The molecule has 2 unspecified atom stereocenters. The zero-order chi connectivity index (χ0) is 14.5. The SMILES string of the molecule is CCOC(=O)c1cccc(N)c1NC1CCCC1SC. The van der Waals surface area contributed by atoms with Gasteiger partial charge >= 0.3 is 5.97 Å². The van der Waals surface area contributed by atoms with Crippen molar-refractivity contribution in [2.75, 3.05) is 23.9 Å². The van der Waals surface area contributed by atoms with Crippen LogP contribution in [-0.4, -0.2) is 30.1 Å². The molecule has 1 aliphatic carbocycles. The number of esters is 1. The Hall–Kier alpha value is -1.36. The molecule has 4 nitrogen and oxygen atoms in total. The topological polar surface area (TPSA) is 64.3 Å². The molecule has 2 atom stereocenters. The van der Waals surface area contributed by atoms with E-state index >= 15 is 0 Å². The van der Waals surface area contributed by atoms with Gasteiger partial charge in [0.05, 0.1) is 23.5 Å². The molecule has 5 heteroatoms. The van der Waals surface area contributed by atoms with Crippen molar-refractivity contribution in [1.29, 1.82) is 0 Å². The van der Waals surface area contributed by atoms with E-state index in [1.54, 1.807) is 19.1 Å². The van der Waals surface area contributed by atoms with Crippen molar-refractivity contribution in [3.63, 3.8) is 0 Å². The summed E-state index contributed by atoms with van der Waals surface area (Å²) >= 11 is 1.87. The minimum atomic E-state index is -0.319. The van der Waals surface area contributed by atoms with E-state index in [1.165, 1.54) is 12.8 Å². The van der Waals surface area contributed by atoms with Crippen molar-refractivity contribution < 1.29 is 9.53 Å². The molecule has 1 fully saturated rings. The van der Waals surface area contributed by atoms with Crippen LogP contribution in [0.2, 0.25) is 0 Å². The normalized spacial score (nSPS) is 21.7. The maximum Gasteiger partial charge on any atom is 0.340 e. The highest BCUT2D eigenvalue weighted by atomic mass is 32.2. The van der Waals surface area contributed by atoms with Crippen LogP contribution in [0.1, 0.15) is 36.5 Å². The van der Waals surface area contributed by atoms with Gasteiger partial charge in [0.1, 0.15) is 0 Å². The van der Waals surface area contributed by atoms with Crippen LogP contribution in [0.15, 0.2) is 18.2 Å². The van der Waals surface area contributed by atoms with E-state index in [0.717, 1.165) is 12.1 Å². The summed E-state index contributed by atoms with van der Waals surface area (Å²) < 4.78 is 5.10. The second-order valence-corrected chi connectivity index (χ2v) is 6.02. The quantitative estimate of drug-likeness (QED) is 0.645. The lowest BCUT2D eigenvalue weighted by Crippen LogP contribution is -2.27. The third kappa shape index (κ3) is 3.20. The Kier molecular flexibility index (Phi) is 5.17. The van der Waals surface area contributed by atoms with Crippen LogP contribution in [0.3, 0.4) is 0 Å². The summed E-state index contributed by atoms with van der Waals surface area (Å²) in [6.07, 6.45) is 5.67. The predicted octanol–water partition coefficient (Wildman–Crippen LogP) is 3.14. The Labute approximate surface area is 124 Å². The highest BCUT2D eigenvalue weighted by Gasteiger charge is 2.28. The molecule has 0 aliphatic heterocycles. The first kappa shape index (κ1) is 15.0. The largest absolute Gasteiger partial charge is 0.462 e. The number of hydrogen-bond donors (Lipinski definition) is 2. The number of nitrogens with one attached hydrogen (secondary N) is 1. The predicted molar refractivity (Wildman–Crippen MR) is 85.4 cm³/mol. The summed E-state index contributed by atoms with van der Waals surface area (Å²) in [5.41, 5.74) is 7.89. The lowest BCUT2D eigenvalue weighted by Gasteiger charge is -2.23. The Bertz CT molecular complexity index is 479. The highest BCUT2D eigenvalue weighted by Crippen LogP contribution is 2.33. The van der Waals surface area contributed by atoms with E-state index in [4.69, 9.17) is 10.5 Å². The fourth-order valence-electron chi connectivity index (χ4n) is 2.67. The van der Waals surface area contributed by atoms with Gasteiger partial charge in [-0.1, -0.05) is 12.5 Å². The number of thioether (sulfide) groups is 1. The lowest BCUT2D eigenvalue weighted by molar-refractivity contribution is 0.0527. The van der Waals surface area contributed by atoms with Crippen molar-refractivity contribution in [2.45, 2.75) is 37.5 Å². The monoisotopic (exact) mass is 294 g/mol. The molecule has 0 radical (unpaired) electrons. The van der Waals surface area contributed by atoms with Gasteiger partial charge < -0.3 is 15.8 Å². The fraction of sp³-hybridized carbons (Fsp3) is 0.533. The van der Waals surface area contributed by atoms with Crippen LogP contribution in [0.5, 0.6) is 0 Å². The van der Waals surface area contributed by atoms with Crippen LogP contribution in [0.25, 0.3) is 0 Å². The van der Waals surface area contributed by atoms with Gasteiger partial charge in [-0.2, -0.15) is 11.8 Å². The maximum absolute atomic E-state index is 12.0. The van der Waals surface area contributed by atoms with Gasteiger partial charge in [-0.05, 0) is 38.2 Å². The molecule has 110 valence electrons. The number of hydrogen-bond acceptors (Lipinski definition) is 5. The van der Waals surface area contributed by atoms with Gasteiger partial charge in [0.2, 0.25) is 0 Å². The summed E-state index contributed by atoms with van der Waals surface area (Å²) in [6.45, 7) is 2.17. The Morgan fingerprint density at radius 2 is 2.30 bits per heavy atom. The first-order valence-corrected chi connectivity index (χ1v) is 8.31. The number of nitrogen functional groups attached to an aromatic ring is 1. The summed E-state index contributed by atoms with van der Waals surface area (Å²) in [4.78, 5) is 12.0. The standard InChI is InChI=1S/C15H22N2O2S/c1-3-19-15(18)10-6-4-7-11(16)14(10)17-12-8-5-9-13(12)20-2/h4,6-7,12-13,17H,3,5,8-9,16H2,1-2H3. The van der Waals surface area contributed by atoms with E-state index in [0.29, 0.717) is 29.1 Å². The number of para-hydroxylation sites is 1. The van der Waals surface area contributed by atoms with Crippen LogP contribution in [-0.2, 0) is 4.74 Å². The van der Waals surface area contributed by atoms with Gasteiger partial charge in [0.15, 0.2) is 0 Å². The minimum absolute atomic E-state index is 0.319. The smallest absolute Gasteiger partial charge is 0.340 e. The number of benzene rings is 1. The summed E-state index contributed by atoms with van der Waals surface area (Å²) in [5.74, 6) is -0.319. The van der Waals surface area contributed by atoms with Crippen LogP contribution in [0.4, 0.5) is 11.4 Å². The van der Waals surface area contributed by atoms with E-state index in [2.05, 4.69) is 11.6 Å². The Morgan fingerprint density at radius 3 is 3.00 bits per heavy atom. The minimum Gasteiger partial charge on any atom is -0.462 e. The molecule has 0 bridgehead atoms. The summed E-state index contributed by atoms with van der Waals surface area (Å²) in [7, 11) is 0. The van der Waals surface area contributed by atoms with Crippen molar-refractivity contribution in [1.82, 2.24) is 0 Å². The Balaban J connectivity index is 2.23. The van der Waals surface area contributed by atoms with Gasteiger partial charge in [0.25, 0.3) is 0 Å². The lowest BCUT2D eigenvalue weighted by atomic mass is 10.1. The van der Waals surface area contributed by atoms with Gasteiger partial charge in [-0.25, -0.2) is 4.79 Å². The molecule has 1 aromatic carbocycles. The molecular formula is C15H22N2O2S. The molecule has 1 saturated carbocycles. The summed E-state index contributed by atoms with van der Waals surface area (Å²) in [6, 6.07) is 5.73. The molecule has 0 saturated heterocycles. The average Bonchev–Trinajstić information content (AvgIpc) is 2.88. The molecule has 20 heavy (non-hydrogen) atoms. The molecule has 0 spiro atoms. The first-order chi connectivity index (χ1) is 9.67. The second-order valence-electron chi connectivity index (χ2n) is 4.95. The number of nitrogens with two attached hydrogens (primary N) is 1. The molecule has 0 aromatic heterocycles. The van der Waals surface area contributed by atoms with Crippen molar-refractivity contribution in [2.24, 2.45) is 0 Å². The molecule has 3 N–H and O–H groups in total. The zero-order valence-corrected chi connectivity index (χ0v) is 12.8. The van der Waals surface area contributed by atoms with E-state index in [1.807, 2.05) is 17.8 Å². The average molecular weight is 294 g/mol. The van der Waals surface area contributed by atoms with E-state index < -0.39 is 0 Å². The number of ether oxygens (including phenoxy) is 1. The van der Waals surface area contributed by atoms with Crippen LogP contribution >= 0.6 is 11.8 Å². The van der Waals surface area contributed by atoms with Crippen LogP contribution < -0.4 is 11.1 Å². The number of anilines is 2. The third-order valence-corrected chi connectivity index (χ3v) is 4.85. The van der Waals surface area contributed by atoms with Crippen molar-refractivity contribution in [3.05, 3.63) is 23.8 Å². The van der Waals surface area contributed by atoms with Gasteiger partial charge in [-0.3, -0.25) is 0 Å². The van der Waals surface area contributed by atoms with Gasteiger partial charge in [-0.15, -0.1) is 0 Å². The van der Waals surface area contributed by atoms with Crippen molar-refractivity contribution in [3.8, 4) is 0 Å². The first-order valence-electron chi connectivity index (χ1n) is 7.02. The molecule has 1 aromatic rings. The number of rotatable bonds is 5. The number of carbonyl (C=O) groups is 1. The third-order valence-electron chi connectivity index (χ3n) is 3.68. The van der Waals surface area contributed by atoms with Gasteiger partial charge in [0, 0.05) is 11.3 Å². The molecule has 2 rings (SSSR count). The fourth-order valence-corrected chi connectivity index (χ4v) is 3.60. The highest BCUT2D eigenvalue weighted by molar-refractivity contribution is 7.99. The molecule has 1 aliphatic rings. The van der Waals surface area contributed by atoms with Crippen molar-refractivity contribution >= 4 is 29.1 Å². The Morgan fingerprint density at radius 1 is 1.50 bits per heavy atom. The van der Waals surface area contributed by atoms with Crippen LogP contribution in [0, 0.1) is 0 Å². The van der Waals surface area contributed by atoms with E-state index in [9.17, 15) is 4.79 Å². The second kappa shape index (κ2) is 6.88.